The van der Waals surface area contributed by atoms with E-state index in [0.717, 1.165) is 16.8 Å². The molecule has 170 valence electrons. The minimum absolute atomic E-state index is 0.00158. The van der Waals surface area contributed by atoms with Crippen molar-refractivity contribution in [2.45, 2.75) is 25.8 Å². The van der Waals surface area contributed by atoms with Gasteiger partial charge in [0.2, 0.25) is 5.91 Å². The maximum absolute atomic E-state index is 13.3. The number of aryl methyl sites for hydroxylation is 1. The molecular formula is C27H29N3O3. The summed E-state index contributed by atoms with van der Waals surface area (Å²) >= 11 is 0. The van der Waals surface area contributed by atoms with Crippen LogP contribution in [0.25, 0.3) is 0 Å². The Bertz CT molecular complexity index is 1110. The zero-order valence-corrected chi connectivity index (χ0v) is 19.0. The fourth-order valence-electron chi connectivity index (χ4n) is 4.36. The van der Waals surface area contributed by atoms with Gasteiger partial charge in [0, 0.05) is 25.2 Å². The molecular weight excluding hydrogens is 414 g/mol. The molecule has 0 spiro atoms. The molecule has 2 heterocycles. The van der Waals surface area contributed by atoms with E-state index in [1.165, 1.54) is 0 Å². The Balaban J connectivity index is 1.44. The van der Waals surface area contributed by atoms with Crippen LogP contribution in [0.2, 0.25) is 0 Å². The summed E-state index contributed by atoms with van der Waals surface area (Å²) in [6.45, 7) is 3.11. The zero-order chi connectivity index (χ0) is 23.2. The number of para-hydroxylation sites is 1. The lowest BCUT2D eigenvalue weighted by Gasteiger charge is -2.32. The van der Waals surface area contributed by atoms with Gasteiger partial charge >= 0.3 is 0 Å². The summed E-state index contributed by atoms with van der Waals surface area (Å²) in [4.78, 5) is 32.5. The van der Waals surface area contributed by atoms with Crippen LogP contribution in [-0.2, 0) is 4.79 Å². The van der Waals surface area contributed by atoms with E-state index in [9.17, 15) is 9.59 Å². The minimum Gasteiger partial charge on any atom is -0.496 e. The first-order chi connectivity index (χ1) is 16.1. The molecule has 0 aliphatic carbocycles. The summed E-state index contributed by atoms with van der Waals surface area (Å²) < 4.78 is 5.34. The number of likely N-dealkylation sites (tertiary alicyclic amines) is 1. The van der Waals surface area contributed by atoms with Gasteiger partial charge in [0.1, 0.15) is 5.75 Å². The van der Waals surface area contributed by atoms with E-state index < -0.39 is 0 Å². The lowest BCUT2D eigenvalue weighted by Crippen LogP contribution is -2.44. The molecule has 1 aliphatic heterocycles. The molecule has 1 N–H and O–H groups in total. The molecule has 0 bridgehead atoms. The molecule has 6 heteroatoms. The van der Waals surface area contributed by atoms with E-state index in [1.54, 1.807) is 30.3 Å². The van der Waals surface area contributed by atoms with Gasteiger partial charge in [-0.15, -0.1) is 0 Å². The van der Waals surface area contributed by atoms with Gasteiger partial charge in [0.25, 0.3) is 5.91 Å². The van der Waals surface area contributed by atoms with Gasteiger partial charge in [-0.1, -0.05) is 42.5 Å². The van der Waals surface area contributed by atoms with Crippen molar-refractivity contribution in [3.8, 4) is 5.75 Å². The highest BCUT2D eigenvalue weighted by molar-refractivity contribution is 5.97. The Labute approximate surface area is 194 Å². The second-order valence-electron chi connectivity index (χ2n) is 8.32. The van der Waals surface area contributed by atoms with Crippen LogP contribution in [0.5, 0.6) is 5.75 Å². The number of aromatic nitrogens is 1. The van der Waals surface area contributed by atoms with Crippen LogP contribution in [0.4, 0.5) is 0 Å². The Kier molecular flexibility index (Phi) is 7.03. The molecule has 2 amide bonds. The number of rotatable bonds is 6. The van der Waals surface area contributed by atoms with Gasteiger partial charge < -0.3 is 15.0 Å². The number of piperidine rings is 1. The predicted molar refractivity (Wildman–Crippen MR) is 127 cm³/mol. The number of carbonyl (C=O) groups is 2. The quantitative estimate of drug-likeness (QED) is 0.621. The second kappa shape index (κ2) is 10.3. The number of nitrogens with zero attached hydrogens (tertiary/aromatic N) is 2. The van der Waals surface area contributed by atoms with Gasteiger partial charge in [-0.05, 0) is 55.2 Å². The van der Waals surface area contributed by atoms with Gasteiger partial charge in [-0.2, -0.15) is 0 Å². The van der Waals surface area contributed by atoms with Crippen molar-refractivity contribution < 1.29 is 14.3 Å². The molecule has 1 unspecified atom stereocenters. The maximum Gasteiger partial charge on any atom is 0.257 e. The van der Waals surface area contributed by atoms with E-state index in [2.05, 4.69) is 10.3 Å². The summed E-state index contributed by atoms with van der Waals surface area (Å²) in [6, 6.07) is 20.7. The molecule has 1 aliphatic rings. The van der Waals surface area contributed by atoms with Crippen molar-refractivity contribution in [3.05, 3.63) is 95.3 Å². The van der Waals surface area contributed by atoms with Crippen LogP contribution >= 0.6 is 0 Å². The average Bonchev–Trinajstić information content (AvgIpc) is 2.88. The van der Waals surface area contributed by atoms with Crippen LogP contribution in [-0.4, -0.2) is 41.9 Å². The lowest BCUT2D eigenvalue weighted by molar-refractivity contribution is -0.126. The number of methoxy groups -OCH3 is 1. The number of nitrogens with one attached hydrogen (secondary N) is 1. The zero-order valence-electron chi connectivity index (χ0n) is 19.0. The monoisotopic (exact) mass is 443 g/mol. The van der Waals surface area contributed by atoms with Crippen molar-refractivity contribution in [2.24, 2.45) is 5.92 Å². The Morgan fingerprint density at radius 3 is 2.39 bits per heavy atom. The van der Waals surface area contributed by atoms with Crippen LogP contribution in [0.15, 0.2) is 72.9 Å². The first-order valence-electron chi connectivity index (χ1n) is 11.3. The SMILES string of the molecule is COc1ccccc1C(=O)N1CCC(C(=O)NC(c2ccccn2)c2ccccc2C)CC1. The van der Waals surface area contributed by atoms with Gasteiger partial charge in [-0.25, -0.2) is 0 Å². The van der Waals surface area contributed by atoms with E-state index >= 15 is 0 Å². The van der Waals surface area contributed by atoms with Crippen molar-refractivity contribution in [2.75, 3.05) is 20.2 Å². The third kappa shape index (κ3) is 5.06. The molecule has 2 aromatic carbocycles. The molecule has 0 saturated carbocycles. The molecule has 1 atom stereocenters. The highest BCUT2D eigenvalue weighted by atomic mass is 16.5. The van der Waals surface area contributed by atoms with Gasteiger partial charge in [0.05, 0.1) is 24.4 Å². The third-order valence-corrected chi connectivity index (χ3v) is 6.26. The topological polar surface area (TPSA) is 71.5 Å². The minimum atomic E-state index is -0.312. The van der Waals surface area contributed by atoms with Crippen LogP contribution < -0.4 is 10.1 Å². The van der Waals surface area contributed by atoms with Crippen LogP contribution in [0.3, 0.4) is 0 Å². The Morgan fingerprint density at radius 1 is 1.00 bits per heavy atom. The fourth-order valence-corrected chi connectivity index (χ4v) is 4.36. The standard InChI is InChI=1S/C27H29N3O3/c1-19-9-3-4-10-21(19)25(23-12-7-8-16-28-23)29-26(31)20-14-17-30(18-15-20)27(32)22-11-5-6-13-24(22)33-2/h3-13,16,20,25H,14-15,17-18H2,1-2H3,(H,29,31). The molecule has 3 aromatic rings. The maximum atomic E-state index is 13.3. The van der Waals surface area contributed by atoms with Crippen LogP contribution in [0, 0.1) is 12.8 Å². The summed E-state index contributed by atoms with van der Waals surface area (Å²) in [5.74, 6) is 0.358. The highest BCUT2D eigenvalue weighted by Crippen LogP contribution is 2.27. The first kappa shape index (κ1) is 22.5. The Hall–Kier alpha value is -3.67. The van der Waals surface area contributed by atoms with Crippen molar-refractivity contribution in [1.82, 2.24) is 15.2 Å². The van der Waals surface area contributed by atoms with E-state index in [1.807, 2.05) is 61.5 Å². The third-order valence-electron chi connectivity index (χ3n) is 6.26. The summed E-state index contributed by atoms with van der Waals surface area (Å²) in [5, 5.41) is 3.23. The molecule has 0 radical (unpaired) electrons. The largest absolute Gasteiger partial charge is 0.496 e. The second-order valence-corrected chi connectivity index (χ2v) is 8.32. The van der Waals surface area contributed by atoms with Gasteiger partial charge in [-0.3, -0.25) is 14.6 Å². The number of pyridine rings is 1. The number of carbonyl (C=O) groups excluding carboxylic acids is 2. The normalized spacial score (nSPS) is 15.0. The molecule has 6 nitrogen and oxygen atoms in total. The predicted octanol–water partition coefficient (Wildman–Crippen LogP) is 4.16. The molecule has 4 rings (SSSR count). The summed E-state index contributed by atoms with van der Waals surface area (Å²) in [6.07, 6.45) is 2.99. The van der Waals surface area contributed by atoms with E-state index in [-0.39, 0.29) is 23.8 Å². The van der Waals surface area contributed by atoms with Crippen LogP contribution in [0.1, 0.15) is 46.1 Å². The van der Waals surface area contributed by atoms with Gasteiger partial charge in [0.15, 0.2) is 0 Å². The number of amides is 2. The number of hydrogen-bond donors (Lipinski definition) is 1. The summed E-state index contributed by atoms with van der Waals surface area (Å²) in [5.41, 5.74) is 3.50. The fraction of sp³-hybridized carbons (Fsp3) is 0.296. The van der Waals surface area contributed by atoms with E-state index in [4.69, 9.17) is 4.74 Å². The number of ether oxygens (including phenoxy) is 1. The Morgan fingerprint density at radius 2 is 1.70 bits per heavy atom. The number of benzene rings is 2. The average molecular weight is 444 g/mol. The van der Waals surface area contributed by atoms with Crippen molar-refractivity contribution in [1.29, 1.82) is 0 Å². The van der Waals surface area contributed by atoms with E-state index in [0.29, 0.717) is 37.2 Å². The molecule has 1 saturated heterocycles. The van der Waals surface area contributed by atoms with Crippen molar-refractivity contribution in [3.63, 3.8) is 0 Å². The van der Waals surface area contributed by atoms with Crippen molar-refractivity contribution >= 4 is 11.8 Å². The first-order valence-corrected chi connectivity index (χ1v) is 11.3. The molecule has 1 aromatic heterocycles. The summed E-state index contributed by atoms with van der Waals surface area (Å²) in [7, 11) is 1.56. The molecule has 1 fully saturated rings. The molecule has 33 heavy (non-hydrogen) atoms. The highest BCUT2D eigenvalue weighted by Gasteiger charge is 2.30. The smallest absolute Gasteiger partial charge is 0.257 e. The lowest BCUT2D eigenvalue weighted by atomic mass is 9.93. The number of hydrogen-bond acceptors (Lipinski definition) is 4.